The zero-order valence-electron chi connectivity index (χ0n) is 14.9. The van der Waals surface area contributed by atoms with Gasteiger partial charge in [-0.15, -0.1) is 21.5 Å². The number of nitrogens with two attached hydrogens (primary N) is 1. The number of pyridine rings is 1. The quantitative estimate of drug-likeness (QED) is 0.489. The smallest absolute Gasteiger partial charge is 0.235 e. The number of amides is 1. The second-order valence-corrected chi connectivity index (χ2v) is 8.33. The van der Waals surface area contributed by atoms with E-state index in [-0.39, 0.29) is 11.7 Å². The van der Waals surface area contributed by atoms with Crippen LogP contribution in [0.25, 0.3) is 11.4 Å². The Kier molecular flexibility index (Phi) is 5.27. The lowest BCUT2D eigenvalue weighted by Crippen LogP contribution is -2.16. The predicted molar refractivity (Wildman–Crippen MR) is 108 cm³/mol. The molecule has 1 aliphatic rings. The first-order valence-corrected chi connectivity index (χ1v) is 10.6. The third kappa shape index (κ3) is 3.58. The van der Waals surface area contributed by atoms with Crippen LogP contribution in [0.2, 0.25) is 0 Å². The number of carbonyl (C=O) groups excluding carboxylic acids is 1. The van der Waals surface area contributed by atoms with Crippen molar-refractivity contribution in [1.82, 2.24) is 19.9 Å². The molecule has 10 heteroatoms. The summed E-state index contributed by atoms with van der Waals surface area (Å²) in [5, 5.41) is 21.6. The van der Waals surface area contributed by atoms with E-state index in [4.69, 9.17) is 5.84 Å². The lowest BCUT2D eigenvalue weighted by atomic mass is 9.96. The number of anilines is 1. The standard InChI is InChI=1S/C18H17N7OS2/c19-8-13-12-5-1-2-6-14(12)28-17(13)22-15(26)10-27-18-24-23-16(25(18)20)11-4-3-7-21-9-11/h3-4,7,9H,1-2,5-6,10,20H2,(H,22,26). The van der Waals surface area contributed by atoms with Gasteiger partial charge in [0.15, 0.2) is 5.82 Å². The molecular formula is C18H17N7OS2. The Morgan fingerprint density at radius 3 is 3.04 bits per heavy atom. The fourth-order valence-corrected chi connectivity index (χ4v) is 5.04. The molecule has 142 valence electrons. The largest absolute Gasteiger partial charge is 0.335 e. The van der Waals surface area contributed by atoms with Crippen LogP contribution in [0.4, 0.5) is 5.00 Å². The summed E-state index contributed by atoms with van der Waals surface area (Å²) in [4.78, 5) is 17.7. The zero-order valence-corrected chi connectivity index (χ0v) is 16.5. The van der Waals surface area contributed by atoms with E-state index in [1.54, 1.807) is 18.5 Å². The van der Waals surface area contributed by atoms with Crippen LogP contribution < -0.4 is 11.2 Å². The highest BCUT2D eigenvalue weighted by Crippen LogP contribution is 2.37. The highest BCUT2D eigenvalue weighted by Gasteiger charge is 2.22. The molecular weight excluding hydrogens is 394 g/mol. The topological polar surface area (TPSA) is 123 Å². The van der Waals surface area contributed by atoms with Crippen LogP contribution in [0.15, 0.2) is 29.7 Å². The van der Waals surface area contributed by atoms with Gasteiger partial charge >= 0.3 is 0 Å². The second-order valence-electron chi connectivity index (χ2n) is 6.28. The normalized spacial score (nSPS) is 13.0. The first-order chi connectivity index (χ1) is 13.7. The van der Waals surface area contributed by atoms with Gasteiger partial charge in [0.1, 0.15) is 11.1 Å². The van der Waals surface area contributed by atoms with Crippen molar-refractivity contribution in [3.8, 4) is 17.5 Å². The van der Waals surface area contributed by atoms with Crippen molar-refractivity contribution in [2.45, 2.75) is 30.8 Å². The maximum atomic E-state index is 12.4. The van der Waals surface area contributed by atoms with E-state index in [0.29, 0.717) is 21.5 Å². The van der Waals surface area contributed by atoms with Gasteiger partial charge in [-0.3, -0.25) is 9.78 Å². The Hall–Kier alpha value is -2.90. The van der Waals surface area contributed by atoms with Gasteiger partial charge in [-0.2, -0.15) is 5.26 Å². The molecule has 1 aliphatic carbocycles. The minimum absolute atomic E-state index is 0.121. The van der Waals surface area contributed by atoms with Gasteiger partial charge < -0.3 is 11.2 Å². The first kappa shape index (κ1) is 18.5. The highest BCUT2D eigenvalue weighted by molar-refractivity contribution is 7.99. The minimum atomic E-state index is -0.203. The molecule has 0 radical (unpaired) electrons. The van der Waals surface area contributed by atoms with Gasteiger partial charge in [-0.25, -0.2) is 4.68 Å². The van der Waals surface area contributed by atoms with Crippen molar-refractivity contribution >= 4 is 34.0 Å². The molecule has 3 N–H and O–H groups in total. The van der Waals surface area contributed by atoms with Crippen molar-refractivity contribution in [2.24, 2.45) is 0 Å². The number of nitrogens with zero attached hydrogens (tertiary/aromatic N) is 5. The van der Waals surface area contributed by atoms with E-state index in [9.17, 15) is 10.1 Å². The van der Waals surface area contributed by atoms with Crippen molar-refractivity contribution in [3.05, 3.63) is 40.5 Å². The van der Waals surface area contributed by atoms with Crippen molar-refractivity contribution in [3.63, 3.8) is 0 Å². The molecule has 0 unspecified atom stereocenters. The maximum Gasteiger partial charge on any atom is 0.235 e. The van der Waals surface area contributed by atoms with E-state index in [1.807, 2.05) is 6.07 Å². The number of carbonyl (C=O) groups is 1. The first-order valence-electron chi connectivity index (χ1n) is 8.75. The molecule has 3 heterocycles. The van der Waals surface area contributed by atoms with Crippen LogP contribution in [0, 0.1) is 11.3 Å². The summed E-state index contributed by atoms with van der Waals surface area (Å²) < 4.78 is 1.35. The van der Waals surface area contributed by atoms with E-state index in [0.717, 1.165) is 36.8 Å². The lowest BCUT2D eigenvalue weighted by Gasteiger charge is -2.09. The number of rotatable bonds is 5. The summed E-state index contributed by atoms with van der Waals surface area (Å²) in [6.45, 7) is 0. The van der Waals surface area contributed by atoms with E-state index in [1.165, 1.54) is 32.7 Å². The Bertz CT molecular complexity index is 1050. The number of aromatic nitrogens is 4. The minimum Gasteiger partial charge on any atom is -0.335 e. The third-order valence-electron chi connectivity index (χ3n) is 4.45. The summed E-state index contributed by atoms with van der Waals surface area (Å²) in [5.41, 5.74) is 2.46. The molecule has 0 saturated carbocycles. The summed E-state index contributed by atoms with van der Waals surface area (Å²) in [6.07, 6.45) is 7.43. The van der Waals surface area contributed by atoms with Gasteiger partial charge in [-0.1, -0.05) is 11.8 Å². The monoisotopic (exact) mass is 411 g/mol. The number of fused-ring (bicyclic) bond motifs is 1. The average Bonchev–Trinajstić information content (AvgIpc) is 3.26. The lowest BCUT2D eigenvalue weighted by molar-refractivity contribution is -0.113. The van der Waals surface area contributed by atoms with E-state index in [2.05, 4.69) is 26.6 Å². The molecule has 4 rings (SSSR count). The van der Waals surface area contributed by atoms with Crippen LogP contribution in [0.1, 0.15) is 28.8 Å². The molecule has 0 bridgehead atoms. The maximum absolute atomic E-state index is 12.4. The zero-order chi connectivity index (χ0) is 19.5. The molecule has 1 amide bonds. The molecule has 28 heavy (non-hydrogen) atoms. The van der Waals surface area contributed by atoms with Gasteiger partial charge in [0.25, 0.3) is 0 Å². The average molecular weight is 412 g/mol. The predicted octanol–water partition coefficient (Wildman–Crippen LogP) is 2.60. The van der Waals surface area contributed by atoms with Gasteiger partial charge in [0.2, 0.25) is 11.1 Å². The number of nitrogen functional groups attached to an aromatic ring is 1. The van der Waals surface area contributed by atoms with Crippen molar-refractivity contribution < 1.29 is 4.79 Å². The molecule has 3 aromatic heterocycles. The number of thiophene rings is 1. The molecule has 0 spiro atoms. The Balaban J connectivity index is 1.43. The molecule has 0 aromatic carbocycles. The number of nitrogens with one attached hydrogen (secondary N) is 1. The highest BCUT2D eigenvalue weighted by atomic mass is 32.2. The second kappa shape index (κ2) is 8.00. The SMILES string of the molecule is N#Cc1c(NC(=O)CSc2nnc(-c3cccnc3)n2N)sc2c1CCCC2. The van der Waals surface area contributed by atoms with Crippen LogP contribution in [0.5, 0.6) is 0 Å². The molecule has 3 aromatic rings. The number of aryl methyl sites for hydroxylation is 1. The fourth-order valence-electron chi connectivity index (χ4n) is 3.13. The van der Waals surface area contributed by atoms with Crippen LogP contribution in [-0.2, 0) is 17.6 Å². The van der Waals surface area contributed by atoms with Gasteiger partial charge in [0, 0.05) is 22.8 Å². The number of hydrogen-bond donors (Lipinski definition) is 2. The Labute approximate surface area is 169 Å². The fraction of sp³-hybridized carbons (Fsp3) is 0.278. The van der Waals surface area contributed by atoms with Crippen LogP contribution in [0.3, 0.4) is 0 Å². The molecule has 0 fully saturated rings. The molecule has 8 nitrogen and oxygen atoms in total. The Morgan fingerprint density at radius 2 is 2.25 bits per heavy atom. The van der Waals surface area contributed by atoms with Crippen LogP contribution in [-0.4, -0.2) is 31.5 Å². The summed E-state index contributed by atoms with van der Waals surface area (Å²) >= 11 is 2.70. The van der Waals surface area contributed by atoms with Gasteiger partial charge in [-0.05, 0) is 43.4 Å². The van der Waals surface area contributed by atoms with Crippen molar-refractivity contribution in [2.75, 3.05) is 16.9 Å². The molecule has 0 saturated heterocycles. The Morgan fingerprint density at radius 1 is 1.39 bits per heavy atom. The summed E-state index contributed by atoms with van der Waals surface area (Å²) in [5.74, 6) is 6.45. The van der Waals surface area contributed by atoms with E-state index < -0.39 is 0 Å². The third-order valence-corrected chi connectivity index (χ3v) is 6.60. The number of thioether (sulfide) groups is 1. The summed E-state index contributed by atoms with van der Waals surface area (Å²) in [6, 6.07) is 5.88. The van der Waals surface area contributed by atoms with Gasteiger partial charge in [0.05, 0.1) is 11.3 Å². The van der Waals surface area contributed by atoms with Crippen molar-refractivity contribution in [1.29, 1.82) is 5.26 Å². The van der Waals surface area contributed by atoms with Crippen LogP contribution >= 0.6 is 23.1 Å². The summed E-state index contributed by atoms with van der Waals surface area (Å²) in [7, 11) is 0. The molecule has 0 atom stereocenters. The number of nitriles is 1. The number of hydrogen-bond acceptors (Lipinski definition) is 8. The molecule has 0 aliphatic heterocycles. The van der Waals surface area contributed by atoms with E-state index >= 15 is 0 Å².